The van der Waals surface area contributed by atoms with E-state index in [2.05, 4.69) is 18.1 Å². The standard InChI is InChI=1S/C23H25N3O2/c1-16-6-4-5-7-22(16)28-21-14-25(15-21)23(27)20-10-8-19(9-11-20)13-26-18(3)12-17(2)24-26/h4-12,21H,13-15H2,1-3H3. The number of amides is 1. The Kier molecular flexibility index (Phi) is 4.90. The summed E-state index contributed by atoms with van der Waals surface area (Å²) in [6.07, 6.45) is 0.0651. The summed E-state index contributed by atoms with van der Waals surface area (Å²) in [5, 5.41) is 4.49. The Bertz CT molecular complexity index is 985. The summed E-state index contributed by atoms with van der Waals surface area (Å²) in [4.78, 5) is 14.5. The van der Waals surface area contributed by atoms with Crippen molar-refractivity contribution in [3.63, 3.8) is 0 Å². The molecule has 5 heteroatoms. The second-order valence-corrected chi connectivity index (χ2v) is 7.50. The molecule has 5 nitrogen and oxygen atoms in total. The third-order valence-electron chi connectivity index (χ3n) is 5.16. The van der Waals surface area contributed by atoms with Crippen molar-refractivity contribution < 1.29 is 9.53 Å². The van der Waals surface area contributed by atoms with Crippen LogP contribution in [-0.4, -0.2) is 39.8 Å². The Labute approximate surface area is 165 Å². The van der Waals surface area contributed by atoms with Gasteiger partial charge in [-0.2, -0.15) is 5.10 Å². The number of hydrogen-bond donors (Lipinski definition) is 0. The van der Waals surface area contributed by atoms with Crippen LogP contribution in [0.5, 0.6) is 5.75 Å². The number of benzene rings is 2. The highest BCUT2D eigenvalue weighted by Gasteiger charge is 2.33. The number of nitrogens with zero attached hydrogens (tertiary/aromatic N) is 3. The molecule has 0 saturated carbocycles. The quantitative estimate of drug-likeness (QED) is 0.682. The third-order valence-corrected chi connectivity index (χ3v) is 5.16. The van der Waals surface area contributed by atoms with Gasteiger partial charge in [0, 0.05) is 11.3 Å². The molecule has 4 rings (SSSR count). The number of para-hydroxylation sites is 1. The van der Waals surface area contributed by atoms with Crippen molar-refractivity contribution >= 4 is 5.91 Å². The molecule has 0 atom stereocenters. The maximum atomic E-state index is 12.7. The molecule has 144 valence electrons. The number of hydrogen-bond acceptors (Lipinski definition) is 3. The highest BCUT2D eigenvalue weighted by atomic mass is 16.5. The summed E-state index contributed by atoms with van der Waals surface area (Å²) in [7, 11) is 0. The Morgan fingerprint density at radius 1 is 1.07 bits per heavy atom. The first-order valence-corrected chi connectivity index (χ1v) is 9.61. The monoisotopic (exact) mass is 375 g/mol. The lowest BCUT2D eigenvalue weighted by atomic mass is 10.1. The van der Waals surface area contributed by atoms with Crippen LogP contribution < -0.4 is 4.74 Å². The minimum atomic E-state index is 0.0577. The van der Waals surface area contributed by atoms with Gasteiger partial charge in [0.2, 0.25) is 0 Å². The summed E-state index contributed by atoms with van der Waals surface area (Å²) >= 11 is 0. The average molecular weight is 375 g/mol. The molecule has 0 unspecified atom stereocenters. The normalized spacial score (nSPS) is 14.0. The molecule has 1 aromatic heterocycles. The highest BCUT2D eigenvalue weighted by Crippen LogP contribution is 2.23. The summed E-state index contributed by atoms with van der Waals surface area (Å²) in [5.74, 6) is 0.954. The number of aromatic nitrogens is 2. The molecule has 3 aromatic rings. The number of likely N-dealkylation sites (tertiary alicyclic amines) is 1. The van der Waals surface area contributed by atoms with Crippen molar-refractivity contribution in [3.05, 3.63) is 82.7 Å². The lowest BCUT2D eigenvalue weighted by Crippen LogP contribution is -2.56. The highest BCUT2D eigenvalue weighted by molar-refractivity contribution is 5.94. The van der Waals surface area contributed by atoms with Gasteiger partial charge in [-0.15, -0.1) is 0 Å². The molecule has 0 spiro atoms. The zero-order valence-corrected chi connectivity index (χ0v) is 16.6. The Morgan fingerprint density at radius 2 is 1.79 bits per heavy atom. The largest absolute Gasteiger partial charge is 0.486 e. The van der Waals surface area contributed by atoms with Crippen LogP contribution in [0.4, 0.5) is 0 Å². The van der Waals surface area contributed by atoms with E-state index in [1.807, 2.05) is 72.0 Å². The van der Waals surface area contributed by atoms with Gasteiger partial charge >= 0.3 is 0 Å². The molecule has 0 bridgehead atoms. The molecular formula is C23H25N3O2. The molecule has 1 aliphatic heterocycles. The fourth-order valence-electron chi connectivity index (χ4n) is 3.49. The zero-order chi connectivity index (χ0) is 19.7. The molecule has 1 saturated heterocycles. The van der Waals surface area contributed by atoms with Crippen molar-refractivity contribution in [1.29, 1.82) is 0 Å². The molecule has 0 radical (unpaired) electrons. The van der Waals surface area contributed by atoms with E-state index in [4.69, 9.17) is 4.74 Å². The lowest BCUT2D eigenvalue weighted by molar-refractivity contribution is 0.0175. The van der Waals surface area contributed by atoms with E-state index in [9.17, 15) is 4.79 Å². The number of aryl methyl sites for hydroxylation is 3. The van der Waals surface area contributed by atoms with Gasteiger partial charge in [-0.1, -0.05) is 30.3 Å². The maximum absolute atomic E-state index is 12.7. The number of ether oxygens (including phenoxy) is 1. The van der Waals surface area contributed by atoms with Gasteiger partial charge in [0.05, 0.1) is 25.3 Å². The molecule has 2 aromatic carbocycles. The minimum Gasteiger partial charge on any atom is -0.486 e. The van der Waals surface area contributed by atoms with Crippen LogP contribution in [-0.2, 0) is 6.54 Å². The number of carbonyl (C=O) groups excluding carboxylic acids is 1. The van der Waals surface area contributed by atoms with E-state index in [1.54, 1.807) is 0 Å². The van der Waals surface area contributed by atoms with Gasteiger partial charge in [-0.25, -0.2) is 0 Å². The van der Waals surface area contributed by atoms with E-state index in [1.165, 1.54) is 0 Å². The molecule has 1 fully saturated rings. The molecular weight excluding hydrogens is 350 g/mol. The van der Waals surface area contributed by atoms with Crippen LogP contribution in [0, 0.1) is 20.8 Å². The van der Waals surface area contributed by atoms with Crippen LogP contribution in [0.25, 0.3) is 0 Å². The Morgan fingerprint density at radius 3 is 2.43 bits per heavy atom. The van der Waals surface area contributed by atoms with E-state index in [0.29, 0.717) is 25.2 Å². The van der Waals surface area contributed by atoms with Crippen LogP contribution in [0.1, 0.15) is 32.9 Å². The van der Waals surface area contributed by atoms with Crippen LogP contribution in [0.15, 0.2) is 54.6 Å². The lowest BCUT2D eigenvalue weighted by Gasteiger charge is -2.39. The number of carbonyl (C=O) groups is 1. The average Bonchev–Trinajstić information content (AvgIpc) is 2.96. The van der Waals surface area contributed by atoms with Crippen molar-refractivity contribution in [1.82, 2.24) is 14.7 Å². The van der Waals surface area contributed by atoms with E-state index in [-0.39, 0.29) is 12.0 Å². The Balaban J connectivity index is 1.33. The van der Waals surface area contributed by atoms with E-state index >= 15 is 0 Å². The van der Waals surface area contributed by atoms with Gasteiger partial charge < -0.3 is 9.64 Å². The summed E-state index contributed by atoms with van der Waals surface area (Å²) in [6, 6.07) is 17.9. The van der Waals surface area contributed by atoms with Crippen molar-refractivity contribution in [3.8, 4) is 5.75 Å². The van der Waals surface area contributed by atoms with Crippen LogP contribution in [0.2, 0.25) is 0 Å². The van der Waals surface area contributed by atoms with Crippen molar-refractivity contribution in [2.24, 2.45) is 0 Å². The maximum Gasteiger partial charge on any atom is 0.254 e. The van der Waals surface area contributed by atoms with Gasteiger partial charge in [-0.3, -0.25) is 9.48 Å². The molecule has 2 heterocycles. The number of rotatable bonds is 5. The SMILES string of the molecule is Cc1cc(C)n(Cc2ccc(C(=O)N3CC(Oc4ccccc4C)C3)cc2)n1. The Hall–Kier alpha value is -3.08. The molecule has 1 aliphatic rings. The predicted octanol–water partition coefficient (Wildman–Crippen LogP) is 3.76. The predicted molar refractivity (Wildman–Crippen MR) is 109 cm³/mol. The van der Waals surface area contributed by atoms with Gasteiger partial charge in [-0.05, 0) is 56.2 Å². The molecule has 0 N–H and O–H groups in total. The first kappa shape index (κ1) is 18.3. The second kappa shape index (κ2) is 7.50. The summed E-state index contributed by atoms with van der Waals surface area (Å²) < 4.78 is 7.97. The van der Waals surface area contributed by atoms with Crippen molar-refractivity contribution in [2.75, 3.05) is 13.1 Å². The summed E-state index contributed by atoms with van der Waals surface area (Å²) in [6.45, 7) is 8.04. The van der Waals surface area contributed by atoms with Gasteiger partial charge in [0.15, 0.2) is 0 Å². The fraction of sp³-hybridized carbons (Fsp3) is 0.304. The molecule has 28 heavy (non-hydrogen) atoms. The zero-order valence-electron chi connectivity index (χ0n) is 16.6. The van der Waals surface area contributed by atoms with E-state index in [0.717, 1.165) is 28.3 Å². The summed E-state index contributed by atoms with van der Waals surface area (Å²) in [5.41, 5.74) is 5.12. The topological polar surface area (TPSA) is 47.4 Å². The smallest absolute Gasteiger partial charge is 0.254 e. The first-order chi connectivity index (χ1) is 13.5. The minimum absolute atomic E-state index is 0.0577. The van der Waals surface area contributed by atoms with Crippen molar-refractivity contribution in [2.45, 2.75) is 33.4 Å². The molecule has 0 aliphatic carbocycles. The third kappa shape index (κ3) is 3.79. The second-order valence-electron chi connectivity index (χ2n) is 7.50. The first-order valence-electron chi connectivity index (χ1n) is 9.61. The van der Waals surface area contributed by atoms with Crippen LogP contribution >= 0.6 is 0 Å². The fourth-order valence-corrected chi connectivity index (χ4v) is 3.49. The van der Waals surface area contributed by atoms with Gasteiger partial charge in [0.1, 0.15) is 11.9 Å². The van der Waals surface area contributed by atoms with E-state index < -0.39 is 0 Å². The van der Waals surface area contributed by atoms with Gasteiger partial charge in [0.25, 0.3) is 5.91 Å². The molecule has 1 amide bonds. The van der Waals surface area contributed by atoms with Crippen LogP contribution in [0.3, 0.4) is 0 Å².